The molecule has 158 valence electrons. The van der Waals surface area contributed by atoms with E-state index in [4.69, 9.17) is 14.3 Å². The van der Waals surface area contributed by atoms with Crippen LogP contribution in [0.2, 0.25) is 0 Å². The predicted octanol–water partition coefficient (Wildman–Crippen LogP) is 3.05. The number of oxime groups is 1. The average Bonchev–Trinajstić information content (AvgIpc) is 3.06. The van der Waals surface area contributed by atoms with Gasteiger partial charge < -0.3 is 14.3 Å². The molecule has 0 saturated carbocycles. The van der Waals surface area contributed by atoms with Crippen LogP contribution in [0.3, 0.4) is 0 Å². The van der Waals surface area contributed by atoms with Crippen molar-refractivity contribution in [2.24, 2.45) is 5.16 Å². The Bertz CT molecular complexity index is 903. The molecule has 2 aliphatic rings. The van der Waals surface area contributed by atoms with Gasteiger partial charge in [-0.1, -0.05) is 52.7 Å². The highest BCUT2D eigenvalue weighted by molar-refractivity contribution is 6.00. The summed E-state index contributed by atoms with van der Waals surface area (Å²) in [5, 5.41) is 6.12. The van der Waals surface area contributed by atoms with E-state index in [1.807, 2.05) is 56.3 Å². The number of amidine groups is 1. The Morgan fingerprint density at radius 3 is 2.53 bits per heavy atom. The summed E-state index contributed by atoms with van der Waals surface area (Å²) in [4.78, 5) is 18.6. The smallest absolute Gasteiger partial charge is 0.264 e. The van der Waals surface area contributed by atoms with Crippen LogP contribution in [0.15, 0.2) is 53.7 Å². The number of nitrogens with one attached hydrogen (secondary N) is 1. The van der Waals surface area contributed by atoms with Crippen molar-refractivity contribution in [2.75, 3.05) is 19.8 Å². The summed E-state index contributed by atoms with van der Waals surface area (Å²) >= 11 is 0. The number of hydrogen-bond acceptors (Lipinski definition) is 6. The Labute approximate surface area is 176 Å². The Balaban J connectivity index is 1.48. The molecular formula is C23H27N3O4. The maximum atomic E-state index is 12.7. The Morgan fingerprint density at radius 2 is 1.83 bits per heavy atom. The van der Waals surface area contributed by atoms with Gasteiger partial charge in [0.1, 0.15) is 6.61 Å². The van der Waals surface area contributed by atoms with E-state index in [2.05, 4.69) is 16.6 Å². The molecule has 0 bridgehead atoms. The number of benzene rings is 2. The van der Waals surface area contributed by atoms with Crippen LogP contribution in [-0.4, -0.2) is 42.3 Å². The molecule has 30 heavy (non-hydrogen) atoms. The SMILES string of the molecule is Cc1cc(C)cc(C2=NOC3(CCOCC3)N2NC(=O)COCc2ccccc2)c1. The fourth-order valence-electron chi connectivity index (χ4n) is 3.84. The van der Waals surface area contributed by atoms with Crippen molar-refractivity contribution in [3.8, 4) is 0 Å². The highest BCUT2D eigenvalue weighted by Gasteiger charge is 2.49. The third kappa shape index (κ3) is 4.47. The Hall–Kier alpha value is -2.90. The Morgan fingerprint density at radius 1 is 1.13 bits per heavy atom. The number of hydrogen-bond donors (Lipinski definition) is 1. The zero-order valence-corrected chi connectivity index (χ0v) is 17.4. The minimum absolute atomic E-state index is 0.0574. The molecular weight excluding hydrogens is 382 g/mol. The van der Waals surface area contributed by atoms with E-state index >= 15 is 0 Å². The summed E-state index contributed by atoms with van der Waals surface area (Å²) in [7, 11) is 0. The molecule has 1 saturated heterocycles. The molecule has 1 spiro atoms. The normalized spacial score (nSPS) is 17.5. The van der Waals surface area contributed by atoms with Gasteiger partial charge in [0.2, 0.25) is 5.72 Å². The number of nitrogens with zero attached hydrogens (tertiary/aromatic N) is 2. The standard InChI is InChI=1S/C23H27N3O4/c1-17-12-18(2)14-20(13-17)22-25-30-23(8-10-28-11-9-23)26(22)24-21(27)16-29-15-19-6-4-3-5-7-19/h3-7,12-14H,8-11,15-16H2,1-2H3,(H,24,27). The maximum Gasteiger partial charge on any atom is 0.264 e. The second-order valence-electron chi connectivity index (χ2n) is 7.79. The molecule has 2 heterocycles. The molecule has 2 aromatic rings. The van der Waals surface area contributed by atoms with Crippen molar-refractivity contribution in [3.05, 3.63) is 70.8 Å². The van der Waals surface area contributed by atoms with E-state index in [0.717, 1.165) is 22.3 Å². The van der Waals surface area contributed by atoms with Gasteiger partial charge in [0.15, 0.2) is 5.84 Å². The van der Waals surface area contributed by atoms with E-state index in [1.54, 1.807) is 5.01 Å². The molecule has 2 aliphatic heterocycles. The topological polar surface area (TPSA) is 72.4 Å². The summed E-state index contributed by atoms with van der Waals surface area (Å²) < 4.78 is 11.1. The fourth-order valence-corrected chi connectivity index (χ4v) is 3.84. The van der Waals surface area contributed by atoms with E-state index in [9.17, 15) is 4.79 Å². The summed E-state index contributed by atoms with van der Waals surface area (Å²) in [6.45, 7) is 5.49. The molecule has 7 nitrogen and oxygen atoms in total. The first kappa shape index (κ1) is 20.4. The second-order valence-corrected chi connectivity index (χ2v) is 7.79. The molecule has 0 aromatic heterocycles. The molecule has 2 aromatic carbocycles. The van der Waals surface area contributed by atoms with Crippen molar-refractivity contribution in [3.63, 3.8) is 0 Å². The highest BCUT2D eigenvalue weighted by Crippen LogP contribution is 2.34. The Kier molecular flexibility index (Phi) is 6.01. The lowest BCUT2D eigenvalue weighted by molar-refractivity contribution is -0.174. The molecule has 7 heteroatoms. The van der Waals surface area contributed by atoms with Crippen molar-refractivity contribution in [1.82, 2.24) is 10.4 Å². The third-order valence-corrected chi connectivity index (χ3v) is 5.26. The molecule has 0 radical (unpaired) electrons. The van der Waals surface area contributed by atoms with E-state index in [-0.39, 0.29) is 12.5 Å². The average molecular weight is 409 g/mol. The van der Waals surface area contributed by atoms with E-state index in [1.165, 1.54) is 0 Å². The van der Waals surface area contributed by atoms with Gasteiger partial charge in [-0.3, -0.25) is 10.2 Å². The fraction of sp³-hybridized carbons (Fsp3) is 0.391. The lowest BCUT2D eigenvalue weighted by atomic mass is 10.0. The largest absolute Gasteiger partial charge is 0.381 e. The number of hydrazine groups is 1. The van der Waals surface area contributed by atoms with Gasteiger partial charge in [0.05, 0.1) is 19.8 Å². The summed E-state index contributed by atoms with van der Waals surface area (Å²) in [5.74, 6) is 0.347. The molecule has 0 aliphatic carbocycles. The molecule has 4 rings (SSSR count). The lowest BCUT2D eigenvalue weighted by Gasteiger charge is -2.39. The van der Waals surface area contributed by atoms with Crippen LogP contribution in [-0.2, 0) is 25.7 Å². The minimum atomic E-state index is -0.736. The number of ether oxygens (including phenoxy) is 2. The maximum absolute atomic E-state index is 12.7. The molecule has 1 fully saturated rings. The van der Waals surface area contributed by atoms with Gasteiger partial charge in [-0.05, 0) is 31.5 Å². The minimum Gasteiger partial charge on any atom is -0.381 e. The first-order valence-corrected chi connectivity index (χ1v) is 10.2. The predicted molar refractivity (Wildman–Crippen MR) is 112 cm³/mol. The van der Waals surface area contributed by atoms with Crippen molar-refractivity contribution in [2.45, 2.75) is 39.0 Å². The number of aryl methyl sites for hydroxylation is 2. The molecule has 0 atom stereocenters. The zero-order valence-electron chi connectivity index (χ0n) is 17.4. The first-order chi connectivity index (χ1) is 14.6. The second kappa shape index (κ2) is 8.85. The van der Waals surface area contributed by atoms with Crippen LogP contribution >= 0.6 is 0 Å². The van der Waals surface area contributed by atoms with Gasteiger partial charge >= 0.3 is 0 Å². The lowest BCUT2D eigenvalue weighted by Crippen LogP contribution is -2.60. The van der Waals surface area contributed by atoms with Crippen LogP contribution in [0.1, 0.15) is 35.1 Å². The zero-order chi connectivity index (χ0) is 21.0. The van der Waals surface area contributed by atoms with Gasteiger partial charge in [0, 0.05) is 18.4 Å². The van der Waals surface area contributed by atoms with Crippen LogP contribution in [0.4, 0.5) is 0 Å². The van der Waals surface area contributed by atoms with Gasteiger partial charge in [-0.2, -0.15) is 0 Å². The summed E-state index contributed by atoms with van der Waals surface area (Å²) in [6.07, 6.45) is 1.21. The quantitative estimate of drug-likeness (QED) is 0.794. The third-order valence-electron chi connectivity index (χ3n) is 5.26. The number of rotatable bonds is 6. The number of carbonyl (C=O) groups is 1. The van der Waals surface area contributed by atoms with Gasteiger partial charge in [-0.15, -0.1) is 0 Å². The first-order valence-electron chi connectivity index (χ1n) is 10.2. The van der Waals surface area contributed by atoms with Gasteiger partial charge in [0.25, 0.3) is 5.91 Å². The van der Waals surface area contributed by atoms with Crippen LogP contribution in [0.5, 0.6) is 0 Å². The highest BCUT2D eigenvalue weighted by atomic mass is 16.7. The van der Waals surface area contributed by atoms with Crippen LogP contribution in [0, 0.1) is 13.8 Å². The summed E-state index contributed by atoms with van der Waals surface area (Å²) in [6, 6.07) is 16.0. The van der Waals surface area contributed by atoms with Crippen molar-refractivity contribution < 1.29 is 19.1 Å². The van der Waals surface area contributed by atoms with E-state index in [0.29, 0.717) is 38.5 Å². The number of amides is 1. The molecule has 1 amide bonds. The van der Waals surface area contributed by atoms with Crippen LogP contribution in [0.25, 0.3) is 0 Å². The molecule has 1 N–H and O–H groups in total. The summed E-state index contributed by atoms with van der Waals surface area (Å²) in [5.41, 5.74) is 6.41. The van der Waals surface area contributed by atoms with Gasteiger partial charge in [-0.25, -0.2) is 5.01 Å². The monoisotopic (exact) mass is 409 g/mol. The van der Waals surface area contributed by atoms with E-state index < -0.39 is 5.72 Å². The molecule has 0 unspecified atom stereocenters. The van der Waals surface area contributed by atoms with Crippen LogP contribution < -0.4 is 5.43 Å². The van der Waals surface area contributed by atoms with Crippen molar-refractivity contribution >= 4 is 11.7 Å². The number of carbonyl (C=O) groups excluding carboxylic acids is 1. The van der Waals surface area contributed by atoms with Crippen molar-refractivity contribution in [1.29, 1.82) is 0 Å².